The van der Waals surface area contributed by atoms with Crippen molar-refractivity contribution in [3.63, 3.8) is 0 Å². The van der Waals surface area contributed by atoms with Gasteiger partial charge in [0.25, 0.3) is 0 Å². The molecule has 0 saturated carbocycles. The van der Waals surface area contributed by atoms with Crippen LogP contribution in [0.5, 0.6) is 0 Å². The molecule has 8 nitrogen and oxygen atoms in total. The van der Waals surface area contributed by atoms with Gasteiger partial charge in [0.2, 0.25) is 0 Å². The number of benzene rings is 4. The van der Waals surface area contributed by atoms with Gasteiger partial charge in [-0.2, -0.15) is 0 Å². The first-order chi connectivity index (χ1) is 26.8. The Balaban J connectivity index is 0.000000214. The summed E-state index contributed by atoms with van der Waals surface area (Å²) >= 11 is 0. The lowest BCUT2D eigenvalue weighted by Crippen LogP contribution is -2.38. The molecule has 0 aromatic heterocycles. The Morgan fingerprint density at radius 1 is 0.357 bits per heavy atom. The molecular formula is C48H58N6O2. The van der Waals surface area contributed by atoms with Crippen LogP contribution in [0.25, 0.3) is 22.8 Å². The van der Waals surface area contributed by atoms with E-state index in [9.17, 15) is 9.59 Å². The van der Waals surface area contributed by atoms with Gasteiger partial charge in [-0.3, -0.25) is 19.4 Å². The smallest absolute Gasteiger partial charge is 0.191 e. The van der Waals surface area contributed by atoms with E-state index < -0.39 is 0 Å². The van der Waals surface area contributed by atoms with E-state index >= 15 is 0 Å². The molecule has 4 aromatic carbocycles. The molecule has 292 valence electrons. The van der Waals surface area contributed by atoms with E-state index in [4.69, 9.17) is 0 Å². The molecule has 8 heteroatoms. The number of likely N-dealkylation sites (N-methyl/N-ethyl adjacent to an activating group) is 2. The van der Waals surface area contributed by atoms with E-state index in [0.29, 0.717) is 26.2 Å². The van der Waals surface area contributed by atoms with Crippen LogP contribution in [-0.2, 0) is 9.59 Å². The molecule has 2 aliphatic rings. The van der Waals surface area contributed by atoms with Crippen LogP contribution in [0.2, 0.25) is 0 Å². The van der Waals surface area contributed by atoms with Crippen LogP contribution < -0.4 is 0 Å². The Morgan fingerprint density at radius 3 is 0.696 bits per heavy atom. The van der Waals surface area contributed by atoms with Gasteiger partial charge in [-0.05, 0) is 36.3 Å². The molecular weight excluding hydrogens is 693 g/mol. The van der Waals surface area contributed by atoms with Gasteiger partial charge >= 0.3 is 0 Å². The maximum absolute atomic E-state index is 13.7. The summed E-state index contributed by atoms with van der Waals surface area (Å²) in [7, 11) is 20.2. The lowest BCUT2D eigenvalue weighted by Gasteiger charge is -2.33. The number of rotatable bonds is 8. The van der Waals surface area contributed by atoms with Crippen molar-refractivity contribution in [2.75, 3.05) is 96.7 Å². The van der Waals surface area contributed by atoms with Gasteiger partial charge in [0.05, 0.1) is 22.8 Å². The molecule has 0 amide bonds. The van der Waals surface area contributed by atoms with Crippen molar-refractivity contribution >= 4 is 34.4 Å². The summed E-state index contributed by atoms with van der Waals surface area (Å²) in [6, 6.07) is 40.7. The summed E-state index contributed by atoms with van der Waals surface area (Å²) in [6.45, 7) is 2.56. The normalized spacial score (nSPS) is 18.7. The van der Waals surface area contributed by atoms with Crippen molar-refractivity contribution in [3.8, 4) is 0 Å². The van der Waals surface area contributed by atoms with Crippen LogP contribution in [0, 0.1) is 0 Å². The van der Waals surface area contributed by atoms with Crippen LogP contribution in [0.3, 0.4) is 0 Å². The molecule has 0 aliphatic carbocycles. The molecule has 0 atom stereocenters. The average molecular weight is 751 g/mol. The molecule has 0 N–H and O–H groups in total. The summed E-state index contributed by atoms with van der Waals surface area (Å²) < 4.78 is 0. The summed E-state index contributed by atoms with van der Waals surface area (Å²) in [5.41, 5.74) is 11.6. The van der Waals surface area contributed by atoms with Crippen molar-refractivity contribution < 1.29 is 9.59 Å². The van der Waals surface area contributed by atoms with E-state index in [1.54, 1.807) is 0 Å². The minimum Gasteiger partial charge on any atom is -0.377 e. The quantitative estimate of drug-likeness (QED) is 0.181. The second kappa shape index (κ2) is 18.8. The molecule has 0 bridgehead atoms. The van der Waals surface area contributed by atoms with Gasteiger partial charge in [-0.1, -0.05) is 121 Å². The third kappa shape index (κ3) is 9.56. The molecule has 4 aromatic rings. The second-order valence-corrected chi connectivity index (χ2v) is 15.4. The van der Waals surface area contributed by atoms with Crippen LogP contribution >= 0.6 is 0 Å². The predicted molar refractivity (Wildman–Crippen MR) is 233 cm³/mol. The standard InChI is InChI=1S/2C24H29N3O/c2*1-25(2)22(18-12-8-6-9-13-18)20-16-27(5)17-21(24(20)28)23(26(3)4)19-14-10-7-11-15-19/h2*6-15H,16-17H2,1-5H3. The number of hydrogen-bond donors (Lipinski definition) is 0. The SMILES string of the molecule is CN1CC(=C(c2ccccc2)N(C)C)C(=O)C(=C(c2ccccc2)N(C)C)C1.CN1CC(=C(c2ccccc2)N(C)C)C(=O)C(=C(c2ccccc2)N(C)C)C1. The van der Waals surface area contributed by atoms with Gasteiger partial charge in [0.1, 0.15) is 0 Å². The maximum Gasteiger partial charge on any atom is 0.191 e. The zero-order chi connectivity index (χ0) is 40.5. The summed E-state index contributed by atoms with van der Waals surface area (Å²) in [6.07, 6.45) is 0. The molecule has 6 rings (SSSR count). The zero-order valence-corrected chi connectivity index (χ0v) is 34.9. The van der Waals surface area contributed by atoms with E-state index in [1.165, 1.54) is 0 Å². The first-order valence-corrected chi connectivity index (χ1v) is 19.1. The Bertz CT molecular complexity index is 1800. The predicted octanol–water partition coefficient (Wildman–Crippen LogP) is 6.89. The van der Waals surface area contributed by atoms with E-state index in [2.05, 4.69) is 92.0 Å². The number of Topliss-reactive ketones (excluding diaryl/α,β-unsaturated/α-hetero) is 2. The molecule has 2 heterocycles. The summed E-state index contributed by atoms with van der Waals surface area (Å²) in [4.78, 5) is 40.1. The van der Waals surface area contributed by atoms with Crippen molar-refractivity contribution in [2.45, 2.75) is 0 Å². The van der Waals surface area contributed by atoms with Crippen molar-refractivity contribution in [1.29, 1.82) is 0 Å². The van der Waals surface area contributed by atoms with Gasteiger partial charge in [-0.25, -0.2) is 0 Å². The minimum absolute atomic E-state index is 0.137. The molecule has 56 heavy (non-hydrogen) atoms. The molecule has 0 spiro atoms. The first kappa shape index (κ1) is 41.5. The van der Waals surface area contributed by atoms with Gasteiger partial charge in [0.15, 0.2) is 11.6 Å². The number of ketones is 2. The number of nitrogens with zero attached hydrogens (tertiary/aromatic N) is 6. The molecule has 0 unspecified atom stereocenters. The fraction of sp³-hybridized carbons (Fsp3) is 0.292. The number of likely N-dealkylation sites (tertiary alicyclic amines) is 2. The lowest BCUT2D eigenvalue weighted by molar-refractivity contribution is -0.114. The number of piperidine rings is 2. The van der Waals surface area contributed by atoms with Crippen LogP contribution in [0.1, 0.15) is 22.3 Å². The van der Waals surface area contributed by atoms with E-state index in [1.807, 2.05) is 129 Å². The Kier molecular flexibility index (Phi) is 13.9. The summed E-state index contributed by atoms with van der Waals surface area (Å²) in [5.74, 6) is 0.274. The van der Waals surface area contributed by atoms with Gasteiger partial charge < -0.3 is 19.6 Å². The van der Waals surface area contributed by atoms with Crippen molar-refractivity contribution in [1.82, 2.24) is 29.4 Å². The Morgan fingerprint density at radius 2 is 0.536 bits per heavy atom. The van der Waals surface area contributed by atoms with Crippen LogP contribution in [0.15, 0.2) is 144 Å². The zero-order valence-electron chi connectivity index (χ0n) is 34.9. The fourth-order valence-electron chi connectivity index (χ4n) is 7.77. The highest BCUT2D eigenvalue weighted by Crippen LogP contribution is 2.33. The third-order valence-corrected chi connectivity index (χ3v) is 9.93. The Labute approximate surface area is 334 Å². The largest absolute Gasteiger partial charge is 0.377 e. The number of hydrogen-bond acceptors (Lipinski definition) is 8. The Hall–Kier alpha value is -5.70. The lowest BCUT2D eigenvalue weighted by atomic mass is 9.90. The molecule has 2 aliphatic heterocycles. The fourth-order valence-corrected chi connectivity index (χ4v) is 7.77. The number of carbonyl (C=O) groups is 2. The molecule has 2 fully saturated rings. The number of carbonyl (C=O) groups excluding carboxylic acids is 2. The monoisotopic (exact) mass is 750 g/mol. The van der Waals surface area contributed by atoms with Crippen molar-refractivity contribution in [2.24, 2.45) is 0 Å². The van der Waals surface area contributed by atoms with Crippen LogP contribution in [-0.4, -0.2) is 138 Å². The van der Waals surface area contributed by atoms with E-state index in [-0.39, 0.29) is 11.6 Å². The average Bonchev–Trinajstić information content (AvgIpc) is 3.17. The highest BCUT2D eigenvalue weighted by molar-refractivity contribution is 6.18. The second-order valence-electron chi connectivity index (χ2n) is 15.4. The first-order valence-electron chi connectivity index (χ1n) is 19.1. The minimum atomic E-state index is 0.137. The third-order valence-electron chi connectivity index (χ3n) is 9.93. The highest BCUT2D eigenvalue weighted by atomic mass is 16.1. The van der Waals surface area contributed by atoms with E-state index in [0.717, 1.165) is 67.3 Å². The van der Waals surface area contributed by atoms with Crippen LogP contribution in [0.4, 0.5) is 0 Å². The van der Waals surface area contributed by atoms with Crippen molar-refractivity contribution in [3.05, 3.63) is 166 Å². The summed E-state index contributed by atoms with van der Waals surface area (Å²) in [5, 5.41) is 0. The maximum atomic E-state index is 13.7. The van der Waals surface area contributed by atoms with Gasteiger partial charge in [0, 0.05) is 105 Å². The topological polar surface area (TPSA) is 53.6 Å². The van der Waals surface area contributed by atoms with Gasteiger partial charge in [-0.15, -0.1) is 0 Å². The molecule has 0 radical (unpaired) electrons. The molecule has 2 saturated heterocycles. The highest BCUT2D eigenvalue weighted by Gasteiger charge is 2.33.